The first-order valence-corrected chi connectivity index (χ1v) is 14.6. The molecule has 0 unspecified atom stereocenters. The van der Waals surface area contributed by atoms with E-state index in [0.717, 1.165) is 58.5 Å². The number of carboxylic acids is 1. The van der Waals surface area contributed by atoms with Gasteiger partial charge in [0.05, 0.1) is 11.4 Å². The molecule has 1 saturated heterocycles. The summed E-state index contributed by atoms with van der Waals surface area (Å²) in [5.41, 5.74) is 9.19. The van der Waals surface area contributed by atoms with Crippen LogP contribution < -0.4 is 20.4 Å². The van der Waals surface area contributed by atoms with Gasteiger partial charge in [0.15, 0.2) is 0 Å². The number of nitrogens with zero attached hydrogens (tertiary/aromatic N) is 2. The van der Waals surface area contributed by atoms with Gasteiger partial charge in [-0.2, -0.15) is 13.2 Å². The molecule has 2 aromatic carbocycles. The summed E-state index contributed by atoms with van der Waals surface area (Å²) in [6, 6.07) is 16.3. The van der Waals surface area contributed by atoms with Gasteiger partial charge in [-0.3, -0.25) is 0 Å². The quantitative estimate of drug-likeness (QED) is 0.268. The molecule has 4 N–H and O–H groups in total. The van der Waals surface area contributed by atoms with Crippen molar-refractivity contribution in [3.05, 3.63) is 59.8 Å². The second kappa shape index (κ2) is 12.6. The first-order chi connectivity index (χ1) is 19.7. The van der Waals surface area contributed by atoms with Gasteiger partial charge >= 0.3 is 12.1 Å². The molecule has 0 saturated carbocycles. The zero-order chi connectivity index (χ0) is 29.0. The Morgan fingerprint density at radius 2 is 1.78 bits per heavy atom. The highest BCUT2D eigenvalue weighted by molar-refractivity contribution is 7.99. The Kier molecular flexibility index (Phi) is 8.96. The topological polar surface area (TPSA) is 83.6 Å². The summed E-state index contributed by atoms with van der Waals surface area (Å²) in [4.78, 5) is 20.3. The molecule has 218 valence electrons. The normalized spacial score (nSPS) is 15.9. The molecule has 0 radical (unpaired) electrons. The Labute approximate surface area is 241 Å². The van der Waals surface area contributed by atoms with E-state index in [4.69, 9.17) is 9.90 Å². The summed E-state index contributed by atoms with van der Waals surface area (Å²) in [5, 5.41) is 13.9. The van der Waals surface area contributed by atoms with Gasteiger partial charge in [0.1, 0.15) is 0 Å². The van der Waals surface area contributed by atoms with Gasteiger partial charge in [0.2, 0.25) is 0 Å². The molecule has 1 aliphatic carbocycles. The smallest absolute Gasteiger partial charge is 0.475 e. The molecule has 1 aromatic heterocycles. The number of aliphatic carboxylic acids is 1. The van der Waals surface area contributed by atoms with Crippen LogP contribution >= 0.6 is 11.8 Å². The zero-order valence-electron chi connectivity index (χ0n) is 22.9. The van der Waals surface area contributed by atoms with Crippen LogP contribution in [0.15, 0.2) is 58.3 Å². The molecule has 2 aliphatic heterocycles. The number of halogens is 3. The van der Waals surface area contributed by atoms with E-state index in [1.165, 1.54) is 49.4 Å². The van der Waals surface area contributed by atoms with Crippen molar-refractivity contribution in [2.75, 3.05) is 56.1 Å². The minimum Gasteiger partial charge on any atom is -0.475 e. The van der Waals surface area contributed by atoms with Gasteiger partial charge in [-0.05, 0) is 80.4 Å². The average molecular weight is 586 g/mol. The number of aryl methyl sites for hydroxylation is 1. The van der Waals surface area contributed by atoms with Crippen LogP contribution in [-0.2, 0) is 11.2 Å². The molecular weight excluding hydrogens is 551 g/mol. The van der Waals surface area contributed by atoms with Crippen molar-refractivity contribution < 1.29 is 23.1 Å². The van der Waals surface area contributed by atoms with Gasteiger partial charge in [0, 0.05) is 59.6 Å². The van der Waals surface area contributed by atoms with E-state index in [2.05, 4.69) is 80.0 Å². The maximum absolute atomic E-state index is 10.6. The van der Waals surface area contributed by atoms with Crippen molar-refractivity contribution in [3.63, 3.8) is 0 Å². The Morgan fingerprint density at radius 1 is 1.07 bits per heavy atom. The Bertz CT molecular complexity index is 1420. The highest BCUT2D eigenvalue weighted by Gasteiger charge is 2.38. The predicted octanol–water partition coefficient (Wildman–Crippen LogP) is 5.90. The number of carbonyl (C=O) groups is 1. The molecular formula is C30H34F3N5O2S. The van der Waals surface area contributed by atoms with Gasteiger partial charge < -0.3 is 30.5 Å². The maximum atomic E-state index is 10.6. The number of allylic oxidation sites excluding steroid dienone is 1. The Hall–Kier alpha value is -3.41. The molecule has 3 aromatic rings. The third-order valence-corrected chi connectivity index (χ3v) is 8.43. The van der Waals surface area contributed by atoms with E-state index in [9.17, 15) is 13.2 Å². The Morgan fingerprint density at radius 3 is 2.46 bits per heavy atom. The number of alkyl halides is 3. The molecule has 0 bridgehead atoms. The number of anilines is 3. The van der Waals surface area contributed by atoms with Gasteiger partial charge in [0.25, 0.3) is 0 Å². The van der Waals surface area contributed by atoms with Crippen LogP contribution in [0, 0.1) is 0 Å². The number of aromatic nitrogens is 1. The number of carboxylic acid groups (broad SMARTS) is 1. The molecule has 0 amide bonds. The summed E-state index contributed by atoms with van der Waals surface area (Å²) in [6.45, 7) is 6.29. The predicted molar refractivity (Wildman–Crippen MR) is 158 cm³/mol. The van der Waals surface area contributed by atoms with Crippen molar-refractivity contribution in [2.45, 2.75) is 35.2 Å². The third kappa shape index (κ3) is 6.74. The summed E-state index contributed by atoms with van der Waals surface area (Å²) in [6.07, 6.45) is 2.78. The van der Waals surface area contributed by atoms with Crippen molar-refractivity contribution >= 4 is 40.9 Å². The SMILES string of the molecule is CNCCCN1c2ccc(-c3cc4c([nH]3)CCC=C4)cc2Sc2cc(N3CCNCC3)ccc21.O=C(O)C(F)(F)F. The molecule has 3 heterocycles. The van der Waals surface area contributed by atoms with Gasteiger partial charge in [-0.1, -0.05) is 30.0 Å². The van der Waals surface area contributed by atoms with E-state index in [-0.39, 0.29) is 0 Å². The largest absolute Gasteiger partial charge is 0.490 e. The summed E-state index contributed by atoms with van der Waals surface area (Å²) in [5.74, 6) is -2.76. The van der Waals surface area contributed by atoms with Crippen molar-refractivity contribution in [3.8, 4) is 11.3 Å². The highest BCUT2D eigenvalue weighted by Crippen LogP contribution is 2.50. The van der Waals surface area contributed by atoms with Gasteiger partial charge in [-0.25, -0.2) is 4.79 Å². The lowest BCUT2D eigenvalue weighted by Crippen LogP contribution is -2.43. The van der Waals surface area contributed by atoms with Crippen LogP contribution in [-0.4, -0.2) is 68.6 Å². The highest BCUT2D eigenvalue weighted by atomic mass is 32.2. The number of hydrogen-bond acceptors (Lipinski definition) is 6. The molecule has 0 atom stereocenters. The molecule has 0 spiro atoms. The fourth-order valence-electron chi connectivity index (χ4n) is 5.28. The standard InChI is InChI=1S/C28H33N5S.C2HF3O2/c1-29-11-4-14-33-25-9-7-21(24-17-20-5-2-3-6-23(20)31-24)18-27(25)34-28-19-22(8-10-26(28)33)32-15-12-30-13-16-32;3-2(4,5)1(6)7/h2,5,7-10,17-19,29-31H,3-4,6,11-16H2,1H3;(H,6,7). The number of benzene rings is 2. The molecule has 7 nitrogen and oxygen atoms in total. The fraction of sp³-hybridized carbons (Fsp3) is 0.367. The number of nitrogens with one attached hydrogen (secondary N) is 3. The van der Waals surface area contributed by atoms with Crippen LogP contribution in [0.1, 0.15) is 24.1 Å². The van der Waals surface area contributed by atoms with Crippen LogP contribution in [0.5, 0.6) is 0 Å². The molecule has 1 fully saturated rings. The lowest BCUT2D eigenvalue weighted by Gasteiger charge is -2.35. The first-order valence-electron chi connectivity index (χ1n) is 13.8. The number of hydrogen-bond donors (Lipinski definition) is 4. The Balaban J connectivity index is 0.000000431. The van der Waals surface area contributed by atoms with Crippen LogP contribution in [0.25, 0.3) is 17.3 Å². The van der Waals surface area contributed by atoms with Gasteiger partial charge in [-0.15, -0.1) is 0 Å². The van der Waals surface area contributed by atoms with Crippen LogP contribution in [0.2, 0.25) is 0 Å². The molecule has 3 aliphatic rings. The summed E-state index contributed by atoms with van der Waals surface area (Å²) >= 11 is 1.92. The lowest BCUT2D eigenvalue weighted by molar-refractivity contribution is -0.192. The second-order valence-corrected chi connectivity index (χ2v) is 11.2. The minimum atomic E-state index is -5.08. The average Bonchev–Trinajstić information content (AvgIpc) is 3.41. The fourth-order valence-corrected chi connectivity index (χ4v) is 6.45. The monoisotopic (exact) mass is 585 g/mol. The number of fused-ring (bicyclic) bond motifs is 3. The number of rotatable bonds is 6. The maximum Gasteiger partial charge on any atom is 0.490 e. The first kappa shape index (κ1) is 29.1. The van der Waals surface area contributed by atoms with Crippen LogP contribution in [0.4, 0.5) is 30.2 Å². The minimum absolute atomic E-state index is 1.01. The van der Waals surface area contributed by atoms with E-state index in [1.54, 1.807) is 0 Å². The molecule has 41 heavy (non-hydrogen) atoms. The van der Waals surface area contributed by atoms with Crippen molar-refractivity contribution in [2.24, 2.45) is 0 Å². The van der Waals surface area contributed by atoms with E-state index >= 15 is 0 Å². The summed E-state index contributed by atoms with van der Waals surface area (Å²) in [7, 11) is 2.03. The molecule has 11 heteroatoms. The summed E-state index contributed by atoms with van der Waals surface area (Å²) < 4.78 is 31.7. The zero-order valence-corrected chi connectivity index (χ0v) is 23.7. The lowest BCUT2D eigenvalue weighted by atomic mass is 10.0. The van der Waals surface area contributed by atoms with E-state index < -0.39 is 12.1 Å². The van der Waals surface area contributed by atoms with Crippen molar-refractivity contribution in [1.82, 2.24) is 15.6 Å². The second-order valence-electron chi connectivity index (χ2n) is 10.1. The molecule has 6 rings (SSSR count). The third-order valence-electron chi connectivity index (χ3n) is 7.34. The number of piperazine rings is 1. The van der Waals surface area contributed by atoms with Crippen LogP contribution in [0.3, 0.4) is 0 Å². The van der Waals surface area contributed by atoms with E-state index in [0.29, 0.717) is 0 Å². The van der Waals surface area contributed by atoms with Crippen molar-refractivity contribution in [1.29, 1.82) is 0 Å². The van der Waals surface area contributed by atoms with E-state index in [1.807, 2.05) is 18.8 Å². The number of H-pyrrole nitrogens is 1. The number of aromatic amines is 1.